The Balaban J connectivity index is 1.44. The molecule has 0 spiro atoms. The summed E-state index contributed by atoms with van der Waals surface area (Å²) in [6.07, 6.45) is 8.81. The van der Waals surface area contributed by atoms with Crippen molar-refractivity contribution in [1.82, 2.24) is 30.1 Å². The van der Waals surface area contributed by atoms with Gasteiger partial charge in [0.05, 0.1) is 16.7 Å². The zero-order valence-electron chi connectivity index (χ0n) is 19.8. The van der Waals surface area contributed by atoms with Crippen LogP contribution in [-0.2, 0) is 0 Å². The van der Waals surface area contributed by atoms with E-state index in [1.54, 1.807) is 12.4 Å². The Bertz CT molecular complexity index is 1510. The van der Waals surface area contributed by atoms with Gasteiger partial charge < -0.3 is 15.2 Å². The second-order valence-corrected chi connectivity index (χ2v) is 9.38. The lowest BCUT2D eigenvalue weighted by atomic mass is 10.0. The van der Waals surface area contributed by atoms with Gasteiger partial charge in [-0.05, 0) is 51.3 Å². The third-order valence-corrected chi connectivity index (χ3v) is 6.42. The summed E-state index contributed by atoms with van der Waals surface area (Å²) in [6, 6.07) is 7.38. The Morgan fingerprint density at radius 1 is 1.06 bits per heavy atom. The summed E-state index contributed by atoms with van der Waals surface area (Å²) in [5.74, 6) is 1.19. The molecule has 0 unspecified atom stereocenters. The van der Waals surface area contributed by atoms with Crippen LogP contribution in [0.15, 0.2) is 42.9 Å². The van der Waals surface area contributed by atoms with E-state index in [-0.39, 0.29) is 11.9 Å². The van der Waals surface area contributed by atoms with Crippen molar-refractivity contribution in [2.45, 2.75) is 39.2 Å². The van der Waals surface area contributed by atoms with Gasteiger partial charge in [0, 0.05) is 60.3 Å². The van der Waals surface area contributed by atoms with Crippen LogP contribution >= 0.6 is 0 Å². The fourth-order valence-electron chi connectivity index (χ4n) is 4.81. The molecule has 0 bridgehead atoms. The van der Waals surface area contributed by atoms with E-state index in [4.69, 9.17) is 4.98 Å². The monoisotopic (exact) mass is 470 g/mol. The second-order valence-electron chi connectivity index (χ2n) is 9.38. The second kappa shape index (κ2) is 8.65. The number of benzene rings is 1. The van der Waals surface area contributed by atoms with Crippen molar-refractivity contribution < 1.29 is 4.39 Å². The zero-order chi connectivity index (χ0) is 23.9. The van der Waals surface area contributed by atoms with E-state index in [1.165, 1.54) is 12.5 Å². The molecule has 35 heavy (non-hydrogen) atoms. The molecule has 0 atom stereocenters. The van der Waals surface area contributed by atoms with E-state index in [2.05, 4.69) is 49.2 Å². The molecule has 0 radical (unpaired) electrons. The van der Waals surface area contributed by atoms with E-state index in [0.29, 0.717) is 28.2 Å². The van der Waals surface area contributed by atoms with Crippen LogP contribution in [0.1, 0.15) is 33.1 Å². The average molecular weight is 471 g/mol. The third kappa shape index (κ3) is 3.96. The molecule has 0 aliphatic carbocycles. The number of hydrogen-bond donors (Lipinski definition) is 3. The number of H-pyrrole nitrogens is 2. The lowest BCUT2D eigenvalue weighted by molar-refractivity contribution is 0.574. The molecule has 5 aromatic rings. The number of piperidine rings is 1. The molecule has 5 heterocycles. The van der Waals surface area contributed by atoms with E-state index in [0.717, 1.165) is 53.9 Å². The average Bonchev–Trinajstić information content (AvgIpc) is 3.47. The van der Waals surface area contributed by atoms with Gasteiger partial charge in [-0.25, -0.2) is 14.4 Å². The van der Waals surface area contributed by atoms with Gasteiger partial charge in [0.2, 0.25) is 0 Å². The summed E-state index contributed by atoms with van der Waals surface area (Å²) in [7, 11) is 0. The normalized spacial score (nSPS) is 14.3. The minimum atomic E-state index is -0.336. The van der Waals surface area contributed by atoms with E-state index >= 15 is 4.39 Å². The molecular formula is C26H27FN8. The van der Waals surface area contributed by atoms with E-state index in [9.17, 15) is 0 Å². The molecule has 1 fully saturated rings. The minimum Gasteiger partial charge on any atom is -0.382 e. The Kier molecular flexibility index (Phi) is 5.32. The number of imidazole rings is 1. The quantitative estimate of drug-likeness (QED) is 0.313. The largest absolute Gasteiger partial charge is 0.382 e. The topological polar surface area (TPSA) is 98.4 Å². The van der Waals surface area contributed by atoms with Crippen LogP contribution in [0.25, 0.3) is 44.6 Å². The summed E-state index contributed by atoms with van der Waals surface area (Å²) < 4.78 is 15.1. The van der Waals surface area contributed by atoms with Gasteiger partial charge in [-0.2, -0.15) is 5.10 Å². The molecule has 0 saturated carbocycles. The fourth-order valence-corrected chi connectivity index (χ4v) is 4.81. The van der Waals surface area contributed by atoms with Gasteiger partial charge in [-0.1, -0.05) is 0 Å². The Morgan fingerprint density at radius 2 is 1.91 bits per heavy atom. The van der Waals surface area contributed by atoms with Crippen molar-refractivity contribution >= 4 is 33.4 Å². The summed E-state index contributed by atoms with van der Waals surface area (Å²) in [5.41, 5.74) is 5.01. The highest BCUT2D eigenvalue weighted by atomic mass is 19.1. The lowest BCUT2D eigenvalue weighted by Gasteiger charge is -2.27. The Labute approximate surface area is 202 Å². The van der Waals surface area contributed by atoms with Crippen LogP contribution in [0.2, 0.25) is 0 Å². The van der Waals surface area contributed by atoms with Crippen LogP contribution in [0, 0.1) is 5.82 Å². The van der Waals surface area contributed by atoms with Gasteiger partial charge in [0.15, 0.2) is 11.6 Å². The third-order valence-electron chi connectivity index (χ3n) is 6.42. The first-order chi connectivity index (χ1) is 17.1. The maximum absolute atomic E-state index is 15.1. The van der Waals surface area contributed by atoms with E-state index < -0.39 is 0 Å². The number of hydrogen-bond acceptors (Lipinski definition) is 6. The number of anilines is 2. The van der Waals surface area contributed by atoms with Gasteiger partial charge in [-0.3, -0.25) is 10.1 Å². The first-order valence-electron chi connectivity index (χ1n) is 12.1. The maximum Gasteiger partial charge on any atom is 0.159 e. The molecule has 8 nitrogen and oxygen atoms in total. The molecule has 178 valence electrons. The molecular weight excluding hydrogens is 443 g/mol. The molecule has 1 aliphatic heterocycles. The number of aromatic nitrogens is 6. The molecule has 9 heteroatoms. The first-order valence-corrected chi connectivity index (χ1v) is 12.1. The van der Waals surface area contributed by atoms with Crippen molar-refractivity contribution in [3.8, 4) is 22.6 Å². The van der Waals surface area contributed by atoms with Crippen LogP contribution in [-0.4, -0.2) is 49.3 Å². The standard InChI is InChI=1S/C26H27FN8/c1-15(2)30-17-10-16(13-28-14-17)18-11-19-22(12-20(18)27)33-34-23(19)25-31-21-6-7-29-26(24(21)32-25)35-8-4-3-5-9-35/h6-7,10-15,30H,3-5,8-9H2,1-2H3,(H,31,32)(H,33,34). The zero-order valence-corrected chi connectivity index (χ0v) is 19.8. The SMILES string of the molecule is CC(C)Nc1cncc(-c2cc3c(-c4nc5c(N6CCCCC6)nccc5[nH]4)n[nH]c3cc2F)c1. The van der Waals surface area contributed by atoms with Gasteiger partial charge >= 0.3 is 0 Å². The highest BCUT2D eigenvalue weighted by molar-refractivity contribution is 5.97. The summed E-state index contributed by atoms with van der Waals surface area (Å²) >= 11 is 0. The predicted molar refractivity (Wildman–Crippen MR) is 137 cm³/mol. The van der Waals surface area contributed by atoms with Crippen LogP contribution in [0.5, 0.6) is 0 Å². The van der Waals surface area contributed by atoms with Gasteiger partial charge in [0.25, 0.3) is 0 Å². The highest BCUT2D eigenvalue weighted by Gasteiger charge is 2.20. The molecule has 6 rings (SSSR count). The van der Waals surface area contributed by atoms with Crippen molar-refractivity contribution in [3.63, 3.8) is 0 Å². The molecule has 3 N–H and O–H groups in total. The van der Waals surface area contributed by atoms with Crippen molar-refractivity contribution in [2.75, 3.05) is 23.3 Å². The molecule has 1 aromatic carbocycles. The van der Waals surface area contributed by atoms with Crippen LogP contribution in [0.3, 0.4) is 0 Å². The number of fused-ring (bicyclic) bond motifs is 2. The Hall–Kier alpha value is -4.01. The number of nitrogens with one attached hydrogen (secondary N) is 3. The smallest absolute Gasteiger partial charge is 0.159 e. The van der Waals surface area contributed by atoms with Crippen molar-refractivity contribution in [3.05, 3.63) is 48.7 Å². The molecule has 1 saturated heterocycles. The van der Waals surface area contributed by atoms with Crippen molar-refractivity contribution in [1.29, 1.82) is 0 Å². The van der Waals surface area contributed by atoms with Crippen LogP contribution < -0.4 is 10.2 Å². The van der Waals surface area contributed by atoms with E-state index in [1.807, 2.05) is 24.4 Å². The summed E-state index contributed by atoms with van der Waals surface area (Å²) in [6.45, 7) is 6.08. The van der Waals surface area contributed by atoms with Crippen LogP contribution in [0.4, 0.5) is 15.9 Å². The maximum atomic E-state index is 15.1. The number of rotatable bonds is 5. The van der Waals surface area contributed by atoms with Gasteiger partial charge in [0.1, 0.15) is 17.0 Å². The first kappa shape index (κ1) is 21.5. The number of aromatic amines is 2. The molecule has 1 aliphatic rings. The Morgan fingerprint density at radius 3 is 2.74 bits per heavy atom. The summed E-state index contributed by atoms with van der Waals surface area (Å²) in [4.78, 5) is 19.5. The molecule has 0 amide bonds. The van der Waals surface area contributed by atoms with Gasteiger partial charge in [-0.15, -0.1) is 0 Å². The minimum absolute atomic E-state index is 0.247. The number of halogens is 1. The van der Waals surface area contributed by atoms with Crippen molar-refractivity contribution in [2.24, 2.45) is 0 Å². The fraction of sp³-hybridized carbons (Fsp3) is 0.308. The molecule has 4 aromatic heterocycles. The number of pyridine rings is 2. The predicted octanol–water partition coefficient (Wildman–Crippen LogP) is 5.51. The lowest BCUT2D eigenvalue weighted by Crippen LogP contribution is -2.30. The highest BCUT2D eigenvalue weighted by Crippen LogP contribution is 2.34. The summed E-state index contributed by atoms with van der Waals surface area (Å²) in [5, 5.41) is 11.6. The number of nitrogens with zero attached hydrogens (tertiary/aromatic N) is 5.